The summed E-state index contributed by atoms with van der Waals surface area (Å²) in [4.78, 5) is 0. The van der Waals surface area contributed by atoms with Crippen molar-refractivity contribution in [1.29, 1.82) is 0 Å². The molecule has 0 N–H and O–H groups in total. The lowest BCUT2D eigenvalue weighted by molar-refractivity contribution is 0.340. The molecule has 27 heavy (non-hydrogen) atoms. The zero-order valence-electron chi connectivity index (χ0n) is 16.2. The molecule has 0 saturated heterocycles. The van der Waals surface area contributed by atoms with Crippen LogP contribution in [0.2, 0.25) is 0 Å². The van der Waals surface area contributed by atoms with E-state index in [1.807, 2.05) is 25.1 Å². The van der Waals surface area contributed by atoms with Crippen LogP contribution in [0.1, 0.15) is 43.4 Å². The first-order chi connectivity index (χ1) is 13.3. The molecule has 0 unspecified atom stereocenters. The zero-order valence-corrected chi connectivity index (χ0v) is 16.2. The quantitative estimate of drug-likeness (QED) is 0.459. The highest BCUT2D eigenvalue weighted by Crippen LogP contribution is 2.25. The monoisotopic (exact) mass is 354 g/mol. The van der Waals surface area contributed by atoms with Crippen molar-refractivity contribution in [2.45, 2.75) is 33.1 Å². The van der Waals surface area contributed by atoms with E-state index in [0.29, 0.717) is 6.61 Å². The van der Waals surface area contributed by atoms with Crippen LogP contribution in [0.25, 0.3) is 11.1 Å². The molecule has 0 atom stereocenters. The molecule has 3 aromatic carbocycles. The summed E-state index contributed by atoms with van der Waals surface area (Å²) in [5, 5.41) is 0. The maximum absolute atomic E-state index is 5.54. The van der Waals surface area contributed by atoms with E-state index in [2.05, 4.69) is 73.4 Å². The molecule has 1 heteroatoms. The number of hydrogen-bond donors (Lipinski definition) is 0. The smallest absolute Gasteiger partial charge is 0.119 e. The van der Waals surface area contributed by atoms with Gasteiger partial charge in [0.15, 0.2) is 0 Å². The lowest BCUT2D eigenvalue weighted by atomic mass is 9.99. The fourth-order valence-corrected chi connectivity index (χ4v) is 3.02. The summed E-state index contributed by atoms with van der Waals surface area (Å²) >= 11 is 0. The van der Waals surface area contributed by atoms with Crippen LogP contribution in [-0.4, -0.2) is 6.61 Å². The van der Waals surface area contributed by atoms with Crippen LogP contribution in [0.5, 0.6) is 5.75 Å². The van der Waals surface area contributed by atoms with Gasteiger partial charge in [-0.05, 0) is 66.8 Å². The van der Waals surface area contributed by atoms with Gasteiger partial charge in [-0.15, -0.1) is 0 Å². The maximum atomic E-state index is 5.54. The number of rotatable bonds is 6. The van der Waals surface area contributed by atoms with Gasteiger partial charge in [-0.2, -0.15) is 0 Å². The molecule has 136 valence electrons. The molecule has 0 heterocycles. The summed E-state index contributed by atoms with van der Waals surface area (Å²) in [5.74, 6) is 7.56. The van der Waals surface area contributed by atoms with Gasteiger partial charge in [-0.1, -0.05) is 67.6 Å². The Morgan fingerprint density at radius 2 is 1.52 bits per heavy atom. The van der Waals surface area contributed by atoms with Crippen LogP contribution in [0.4, 0.5) is 0 Å². The number of ether oxygens (including phenoxy) is 1. The molecule has 0 aliphatic carbocycles. The summed E-state index contributed by atoms with van der Waals surface area (Å²) in [7, 11) is 0. The standard InChI is InChI=1S/C26H26O/c1-3-5-8-21-11-13-22(14-12-21)15-16-23-9-6-7-10-26(23)24-17-19-25(20-18-24)27-4-2/h6-7,9-14,17-20H,3-5,8H2,1-2H3. The first kappa shape index (κ1) is 18.8. The van der Waals surface area contributed by atoms with E-state index in [-0.39, 0.29) is 0 Å². The van der Waals surface area contributed by atoms with Gasteiger partial charge in [0, 0.05) is 11.1 Å². The van der Waals surface area contributed by atoms with E-state index in [1.54, 1.807) is 0 Å². The van der Waals surface area contributed by atoms with Gasteiger partial charge < -0.3 is 4.74 Å². The van der Waals surface area contributed by atoms with E-state index >= 15 is 0 Å². The van der Waals surface area contributed by atoms with Crippen molar-refractivity contribution in [2.24, 2.45) is 0 Å². The molecule has 0 aliphatic heterocycles. The van der Waals surface area contributed by atoms with Crippen molar-refractivity contribution in [1.82, 2.24) is 0 Å². The molecule has 0 amide bonds. The minimum atomic E-state index is 0.679. The second kappa shape index (κ2) is 9.64. The third-order valence-electron chi connectivity index (χ3n) is 4.52. The number of unbranched alkanes of at least 4 members (excludes halogenated alkanes) is 1. The van der Waals surface area contributed by atoms with Crippen LogP contribution in [-0.2, 0) is 6.42 Å². The van der Waals surface area contributed by atoms with Crippen molar-refractivity contribution in [3.63, 3.8) is 0 Å². The van der Waals surface area contributed by atoms with Crippen LogP contribution in [0.3, 0.4) is 0 Å². The Bertz CT molecular complexity index is 909. The Balaban J connectivity index is 1.81. The Morgan fingerprint density at radius 1 is 0.778 bits per heavy atom. The van der Waals surface area contributed by atoms with Gasteiger partial charge in [-0.25, -0.2) is 0 Å². The van der Waals surface area contributed by atoms with E-state index in [9.17, 15) is 0 Å². The third-order valence-corrected chi connectivity index (χ3v) is 4.52. The van der Waals surface area contributed by atoms with Crippen LogP contribution < -0.4 is 4.74 Å². The molecular weight excluding hydrogens is 328 g/mol. The van der Waals surface area contributed by atoms with Crippen molar-refractivity contribution in [2.75, 3.05) is 6.61 Å². The number of aryl methyl sites for hydroxylation is 1. The fraction of sp³-hybridized carbons (Fsp3) is 0.231. The second-order valence-electron chi connectivity index (χ2n) is 6.55. The van der Waals surface area contributed by atoms with Gasteiger partial charge in [-0.3, -0.25) is 0 Å². The van der Waals surface area contributed by atoms with Crippen LogP contribution >= 0.6 is 0 Å². The zero-order chi connectivity index (χ0) is 18.9. The Labute approximate surface area is 163 Å². The van der Waals surface area contributed by atoms with Crippen molar-refractivity contribution < 1.29 is 4.74 Å². The van der Waals surface area contributed by atoms with E-state index in [4.69, 9.17) is 4.74 Å². The van der Waals surface area contributed by atoms with E-state index in [1.165, 1.54) is 18.4 Å². The number of hydrogen-bond acceptors (Lipinski definition) is 1. The van der Waals surface area contributed by atoms with Crippen molar-refractivity contribution >= 4 is 0 Å². The molecule has 0 aliphatic rings. The largest absolute Gasteiger partial charge is 0.494 e. The van der Waals surface area contributed by atoms with Gasteiger partial charge in [0.2, 0.25) is 0 Å². The van der Waals surface area contributed by atoms with E-state index in [0.717, 1.165) is 34.4 Å². The molecule has 1 nitrogen and oxygen atoms in total. The normalized spacial score (nSPS) is 10.1. The summed E-state index contributed by atoms with van der Waals surface area (Å²) in [6, 6.07) is 25.1. The van der Waals surface area contributed by atoms with Crippen molar-refractivity contribution in [3.05, 3.63) is 89.5 Å². The molecule has 0 spiro atoms. The predicted octanol–water partition coefficient (Wildman–Crippen LogP) is 6.49. The Hall–Kier alpha value is -2.98. The molecule has 0 aromatic heterocycles. The molecule has 0 saturated carbocycles. The minimum Gasteiger partial charge on any atom is -0.494 e. The molecular formula is C26H26O. The van der Waals surface area contributed by atoms with Gasteiger partial charge in [0.1, 0.15) is 5.75 Å². The highest BCUT2D eigenvalue weighted by atomic mass is 16.5. The average Bonchev–Trinajstić information content (AvgIpc) is 2.72. The topological polar surface area (TPSA) is 9.23 Å². The molecule has 0 bridgehead atoms. The van der Waals surface area contributed by atoms with Crippen LogP contribution in [0.15, 0.2) is 72.8 Å². The fourth-order valence-electron chi connectivity index (χ4n) is 3.02. The van der Waals surface area contributed by atoms with Crippen molar-refractivity contribution in [3.8, 4) is 28.7 Å². The average molecular weight is 354 g/mol. The minimum absolute atomic E-state index is 0.679. The maximum Gasteiger partial charge on any atom is 0.119 e. The van der Waals surface area contributed by atoms with E-state index < -0.39 is 0 Å². The highest BCUT2D eigenvalue weighted by molar-refractivity contribution is 5.72. The first-order valence-corrected chi connectivity index (χ1v) is 9.73. The first-order valence-electron chi connectivity index (χ1n) is 9.73. The lowest BCUT2D eigenvalue weighted by Crippen LogP contribution is -1.91. The van der Waals surface area contributed by atoms with Gasteiger partial charge in [0.25, 0.3) is 0 Å². The third kappa shape index (κ3) is 5.25. The van der Waals surface area contributed by atoms with Crippen LogP contribution in [0, 0.1) is 11.8 Å². The SMILES string of the molecule is CCCCc1ccc(C#Cc2ccccc2-c2ccc(OCC)cc2)cc1. The summed E-state index contributed by atoms with van der Waals surface area (Å²) < 4.78 is 5.54. The molecule has 0 radical (unpaired) electrons. The lowest BCUT2D eigenvalue weighted by Gasteiger charge is -2.07. The van der Waals surface area contributed by atoms with Gasteiger partial charge in [0.05, 0.1) is 6.61 Å². The second-order valence-corrected chi connectivity index (χ2v) is 6.55. The predicted molar refractivity (Wildman–Crippen MR) is 114 cm³/mol. The summed E-state index contributed by atoms with van der Waals surface area (Å²) in [6.45, 7) is 4.90. The molecule has 0 fully saturated rings. The highest BCUT2D eigenvalue weighted by Gasteiger charge is 2.03. The molecule has 3 aromatic rings. The Morgan fingerprint density at radius 3 is 2.22 bits per heavy atom. The van der Waals surface area contributed by atoms with Gasteiger partial charge >= 0.3 is 0 Å². The summed E-state index contributed by atoms with van der Waals surface area (Å²) in [6.07, 6.45) is 3.61. The Kier molecular flexibility index (Phi) is 6.72. The summed E-state index contributed by atoms with van der Waals surface area (Å²) in [5.41, 5.74) is 5.77. The molecule has 3 rings (SSSR count). The number of benzene rings is 3.